The van der Waals surface area contributed by atoms with Crippen LogP contribution in [0.4, 0.5) is 5.69 Å². The van der Waals surface area contributed by atoms with E-state index in [0.717, 1.165) is 12.2 Å². The lowest BCUT2D eigenvalue weighted by molar-refractivity contribution is -0.122. The van der Waals surface area contributed by atoms with Crippen molar-refractivity contribution in [1.29, 1.82) is 0 Å². The van der Waals surface area contributed by atoms with Gasteiger partial charge in [0.2, 0.25) is 11.8 Å². The molecule has 5 nitrogen and oxygen atoms in total. The minimum absolute atomic E-state index is 0.0452. The number of hydrogen-bond donors (Lipinski definition) is 2. The maximum Gasteiger partial charge on any atom is 0.246 e. The lowest BCUT2D eigenvalue weighted by Crippen LogP contribution is -2.37. The van der Waals surface area contributed by atoms with Gasteiger partial charge < -0.3 is 10.6 Å². The molecule has 0 aliphatic carbocycles. The summed E-state index contributed by atoms with van der Waals surface area (Å²) in [6.45, 7) is 4.43. The Kier molecular flexibility index (Phi) is 4.96. The molecule has 2 aliphatic rings. The second-order valence-electron chi connectivity index (χ2n) is 6.66. The molecule has 0 spiro atoms. The molecule has 124 valence electrons. The first-order valence-electron chi connectivity index (χ1n) is 8.55. The number of rotatable bonds is 4. The van der Waals surface area contributed by atoms with Crippen molar-refractivity contribution in [3.63, 3.8) is 0 Å². The number of benzene rings is 1. The van der Waals surface area contributed by atoms with E-state index in [9.17, 15) is 9.59 Å². The van der Waals surface area contributed by atoms with Crippen LogP contribution in [0, 0.1) is 0 Å². The summed E-state index contributed by atoms with van der Waals surface area (Å²) in [5.74, 6) is -0.176. The second-order valence-corrected chi connectivity index (χ2v) is 6.66. The average molecular weight is 315 g/mol. The van der Waals surface area contributed by atoms with Crippen molar-refractivity contribution < 1.29 is 9.59 Å². The van der Waals surface area contributed by atoms with Crippen molar-refractivity contribution in [2.45, 2.75) is 57.7 Å². The van der Waals surface area contributed by atoms with Gasteiger partial charge in [0.25, 0.3) is 0 Å². The van der Waals surface area contributed by atoms with Gasteiger partial charge in [0.05, 0.1) is 0 Å². The molecule has 1 aromatic rings. The fraction of sp³-hybridized carbons (Fsp3) is 0.556. The topological polar surface area (TPSA) is 61.4 Å². The molecule has 0 radical (unpaired) electrons. The van der Waals surface area contributed by atoms with Crippen LogP contribution in [0.5, 0.6) is 0 Å². The van der Waals surface area contributed by atoms with Gasteiger partial charge in [-0.25, -0.2) is 0 Å². The molecule has 23 heavy (non-hydrogen) atoms. The smallest absolute Gasteiger partial charge is 0.246 e. The third-order valence-electron chi connectivity index (χ3n) is 4.86. The molecular weight excluding hydrogens is 290 g/mol. The Balaban J connectivity index is 1.54. The van der Waals surface area contributed by atoms with E-state index in [1.165, 1.54) is 31.4 Å². The van der Waals surface area contributed by atoms with Crippen molar-refractivity contribution in [3.8, 4) is 0 Å². The van der Waals surface area contributed by atoms with E-state index in [1.807, 2.05) is 12.1 Å². The van der Waals surface area contributed by atoms with Crippen LogP contribution in [0.1, 0.15) is 44.6 Å². The Bertz CT molecular complexity index is 570. The monoisotopic (exact) mass is 315 g/mol. The van der Waals surface area contributed by atoms with Crippen molar-refractivity contribution in [3.05, 3.63) is 29.8 Å². The molecule has 2 heterocycles. The number of piperidine rings is 1. The summed E-state index contributed by atoms with van der Waals surface area (Å²) in [5, 5.41) is 5.56. The van der Waals surface area contributed by atoms with Crippen LogP contribution in [0.2, 0.25) is 0 Å². The standard InChI is InChI=1S/C18H25N3O2/c1-13-4-2-3-11-21(13)12-14-5-7-15(8-6-14)19-18(23)16-9-10-17(22)20-16/h5-8,13,16H,2-4,9-12H2,1H3,(H,19,23)(H,20,22)/t13-,16-/m1/s1. The summed E-state index contributed by atoms with van der Waals surface area (Å²) in [4.78, 5) is 25.8. The van der Waals surface area contributed by atoms with E-state index in [-0.39, 0.29) is 11.8 Å². The van der Waals surface area contributed by atoms with Crippen LogP contribution in [0.3, 0.4) is 0 Å². The van der Waals surface area contributed by atoms with Gasteiger partial charge in [0.1, 0.15) is 6.04 Å². The molecule has 2 saturated heterocycles. The molecule has 1 aromatic carbocycles. The predicted molar refractivity (Wildman–Crippen MR) is 90.0 cm³/mol. The third kappa shape index (κ3) is 4.10. The number of nitrogens with zero attached hydrogens (tertiary/aromatic N) is 1. The average Bonchev–Trinajstić information content (AvgIpc) is 2.98. The first kappa shape index (κ1) is 16.0. The van der Waals surface area contributed by atoms with Crippen LogP contribution < -0.4 is 10.6 Å². The van der Waals surface area contributed by atoms with Crippen LogP contribution in [0.15, 0.2) is 24.3 Å². The van der Waals surface area contributed by atoms with Crippen molar-refractivity contribution >= 4 is 17.5 Å². The highest BCUT2D eigenvalue weighted by Crippen LogP contribution is 2.20. The molecule has 2 N–H and O–H groups in total. The molecule has 0 saturated carbocycles. The van der Waals surface area contributed by atoms with Gasteiger partial charge in [-0.1, -0.05) is 18.6 Å². The number of amides is 2. The largest absolute Gasteiger partial charge is 0.344 e. The summed E-state index contributed by atoms with van der Waals surface area (Å²) < 4.78 is 0. The summed E-state index contributed by atoms with van der Waals surface area (Å²) in [7, 11) is 0. The molecule has 3 rings (SSSR count). The van der Waals surface area contributed by atoms with Gasteiger partial charge in [0.15, 0.2) is 0 Å². The zero-order valence-corrected chi connectivity index (χ0v) is 13.7. The van der Waals surface area contributed by atoms with Crippen molar-refractivity contribution in [2.24, 2.45) is 0 Å². The number of carbonyl (C=O) groups is 2. The third-order valence-corrected chi connectivity index (χ3v) is 4.86. The quantitative estimate of drug-likeness (QED) is 0.896. The van der Waals surface area contributed by atoms with Crippen LogP contribution in [-0.4, -0.2) is 35.3 Å². The molecule has 2 aliphatic heterocycles. The second kappa shape index (κ2) is 7.13. The van der Waals surface area contributed by atoms with E-state index in [1.54, 1.807) is 0 Å². The fourth-order valence-corrected chi connectivity index (χ4v) is 3.36. The lowest BCUT2D eigenvalue weighted by Gasteiger charge is -2.33. The maximum atomic E-state index is 12.1. The molecule has 0 unspecified atom stereocenters. The molecule has 0 bridgehead atoms. The highest BCUT2D eigenvalue weighted by Gasteiger charge is 2.27. The minimum Gasteiger partial charge on any atom is -0.344 e. The van der Waals surface area contributed by atoms with Gasteiger partial charge in [-0.15, -0.1) is 0 Å². The Hall–Kier alpha value is -1.88. The zero-order chi connectivity index (χ0) is 16.2. The highest BCUT2D eigenvalue weighted by atomic mass is 16.2. The summed E-state index contributed by atoms with van der Waals surface area (Å²) in [6, 6.07) is 8.29. The molecule has 2 atom stereocenters. The van der Waals surface area contributed by atoms with Crippen molar-refractivity contribution in [1.82, 2.24) is 10.2 Å². The first-order valence-corrected chi connectivity index (χ1v) is 8.55. The lowest BCUT2D eigenvalue weighted by atomic mass is 10.0. The van der Waals surface area contributed by atoms with E-state index in [0.29, 0.717) is 18.9 Å². The molecule has 5 heteroatoms. The molecule has 2 amide bonds. The van der Waals surface area contributed by atoms with Gasteiger partial charge >= 0.3 is 0 Å². The predicted octanol–water partition coefficient (Wildman–Crippen LogP) is 2.28. The minimum atomic E-state index is -0.392. The van der Waals surface area contributed by atoms with Crippen LogP contribution in [0.25, 0.3) is 0 Å². The summed E-state index contributed by atoms with van der Waals surface area (Å²) in [6.07, 6.45) is 4.91. The van der Waals surface area contributed by atoms with E-state index >= 15 is 0 Å². The van der Waals surface area contributed by atoms with E-state index in [4.69, 9.17) is 0 Å². The highest BCUT2D eigenvalue weighted by molar-refractivity contribution is 5.98. The van der Waals surface area contributed by atoms with Crippen LogP contribution >= 0.6 is 0 Å². The maximum absolute atomic E-state index is 12.1. The van der Waals surface area contributed by atoms with Gasteiger partial charge in [0, 0.05) is 24.7 Å². The molecule has 2 fully saturated rings. The van der Waals surface area contributed by atoms with Gasteiger partial charge in [-0.2, -0.15) is 0 Å². The molecule has 0 aromatic heterocycles. The van der Waals surface area contributed by atoms with Crippen molar-refractivity contribution in [2.75, 3.05) is 11.9 Å². The number of anilines is 1. The SMILES string of the molecule is C[C@@H]1CCCCN1Cc1ccc(NC(=O)[C@H]2CCC(=O)N2)cc1. The van der Waals surface area contributed by atoms with E-state index in [2.05, 4.69) is 34.6 Å². The first-order chi connectivity index (χ1) is 11.1. The Morgan fingerprint density at radius 3 is 2.70 bits per heavy atom. The summed E-state index contributed by atoms with van der Waals surface area (Å²) >= 11 is 0. The number of nitrogens with one attached hydrogen (secondary N) is 2. The Morgan fingerprint density at radius 2 is 2.04 bits per heavy atom. The van der Waals surface area contributed by atoms with Gasteiger partial charge in [-0.05, 0) is 50.4 Å². The normalized spacial score (nSPS) is 25.2. The summed E-state index contributed by atoms with van der Waals surface area (Å²) in [5.41, 5.74) is 2.05. The van der Waals surface area contributed by atoms with Gasteiger partial charge in [-0.3, -0.25) is 14.5 Å². The number of hydrogen-bond acceptors (Lipinski definition) is 3. The number of carbonyl (C=O) groups excluding carboxylic acids is 2. The molecular formula is C18H25N3O2. The zero-order valence-electron chi connectivity index (χ0n) is 13.7. The van der Waals surface area contributed by atoms with E-state index < -0.39 is 6.04 Å². The van der Waals surface area contributed by atoms with Crippen LogP contribution in [-0.2, 0) is 16.1 Å². The fourth-order valence-electron chi connectivity index (χ4n) is 3.36. The Labute approximate surface area is 137 Å². The number of likely N-dealkylation sites (tertiary alicyclic amines) is 1. The Morgan fingerprint density at radius 1 is 1.26 bits per heavy atom.